The quantitative estimate of drug-likeness (QED) is 0.676. The van der Waals surface area contributed by atoms with Crippen molar-refractivity contribution >= 4 is 17.6 Å². The van der Waals surface area contributed by atoms with E-state index in [2.05, 4.69) is 43.5 Å². The lowest BCUT2D eigenvalue weighted by Crippen LogP contribution is -2.46. The van der Waals surface area contributed by atoms with Gasteiger partial charge in [0, 0.05) is 24.7 Å². The number of piperidine rings is 1. The molecule has 0 radical (unpaired) electrons. The topological polar surface area (TPSA) is 70.7 Å². The first-order valence-corrected chi connectivity index (χ1v) is 10.9. The van der Waals surface area contributed by atoms with Crippen LogP contribution in [0.2, 0.25) is 0 Å². The molecule has 3 rings (SSSR count). The van der Waals surface area contributed by atoms with Gasteiger partial charge in [-0.1, -0.05) is 51.1 Å². The second kappa shape index (κ2) is 10.3. The van der Waals surface area contributed by atoms with Crippen LogP contribution in [0.25, 0.3) is 0 Å². The maximum absolute atomic E-state index is 12.4. The van der Waals surface area contributed by atoms with Crippen molar-refractivity contribution in [1.82, 2.24) is 10.2 Å². The van der Waals surface area contributed by atoms with Gasteiger partial charge in [-0.15, -0.1) is 0 Å². The Morgan fingerprint density at radius 1 is 1.00 bits per heavy atom. The van der Waals surface area contributed by atoms with E-state index >= 15 is 0 Å². The Bertz CT molecular complexity index is 852. The van der Waals surface area contributed by atoms with E-state index in [9.17, 15) is 9.59 Å². The SMILES string of the molecule is CC(C)(C)c1ccc(OCCNC(=O)N2CCC(C(=O)Nc3ccccc3)CC2)cc1. The fraction of sp³-hybridized carbons (Fsp3) is 0.440. The van der Waals surface area contributed by atoms with Crippen LogP contribution < -0.4 is 15.4 Å². The molecule has 2 N–H and O–H groups in total. The average Bonchev–Trinajstić information content (AvgIpc) is 2.77. The summed E-state index contributed by atoms with van der Waals surface area (Å²) in [5, 5.41) is 5.85. The van der Waals surface area contributed by atoms with Crippen LogP contribution in [-0.2, 0) is 10.2 Å². The molecule has 1 fully saturated rings. The molecule has 166 valence electrons. The van der Waals surface area contributed by atoms with Gasteiger partial charge in [0.25, 0.3) is 0 Å². The number of ether oxygens (including phenoxy) is 1. The highest BCUT2D eigenvalue weighted by molar-refractivity contribution is 5.92. The summed E-state index contributed by atoms with van der Waals surface area (Å²) in [6, 6.07) is 17.4. The minimum absolute atomic E-state index is 0.0251. The number of amides is 3. The zero-order chi connectivity index (χ0) is 22.3. The highest BCUT2D eigenvalue weighted by atomic mass is 16.5. The number of likely N-dealkylation sites (tertiary alicyclic amines) is 1. The number of carbonyl (C=O) groups excluding carboxylic acids is 2. The van der Waals surface area contributed by atoms with E-state index in [1.807, 2.05) is 42.5 Å². The standard InChI is InChI=1S/C25H33N3O3/c1-25(2,3)20-9-11-22(12-10-20)31-18-15-26-24(30)28-16-13-19(14-17-28)23(29)27-21-7-5-4-6-8-21/h4-12,19H,13-18H2,1-3H3,(H,26,30)(H,27,29). The fourth-order valence-electron chi connectivity index (χ4n) is 3.60. The van der Waals surface area contributed by atoms with E-state index in [0.29, 0.717) is 39.1 Å². The molecule has 0 atom stereocenters. The first-order valence-electron chi connectivity index (χ1n) is 10.9. The van der Waals surface area contributed by atoms with Crippen molar-refractivity contribution in [3.05, 3.63) is 60.2 Å². The van der Waals surface area contributed by atoms with E-state index in [-0.39, 0.29) is 23.3 Å². The smallest absolute Gasteiger partial charge is 0.317 e. The molecule has 0 aliphatic carbocycles. The number of nitrogens with one attached hydrogen (secondary N) is 2. The van der Waals surface area contributed by atoms with Crippen molar-refractivity contribution in [1.29, 1.82) is 0 Å². The molecule has 1 aliphatic heterocycles. The van der Waals surface area contributed by atoms with Crippen LogP contribution in [0.1, 0.15) is 39.2 Å². The lowest BCUT2D eigenvalue weighted by molar-refractivity contribution is -0.121. The third-order valence-corrected chi connectivity index (χ3v) is 5.56. The van der Waals surface area contributed by atoms with Gasteiger partial charge in [-0.25, -0.2) is 4.79 Å². The molecule has 0 bridgehead atoms. The third kappa shape index (κ3) is 6.74. The van der Waals surface area contributed by atoms with Crippen molar-refractivity contribution in [3.63, 3.8) is 0 Å². The van der Waals surface area contributed by atoms with Gasteiger partial charge in [-0.05, 0) is 48.1 Å². The van der Waals surface area contributed by atoms with Crippen molar-refractivity contribution in [2.45, 2.75) is 39.0 Å². The van der Waals surface area contributed by atoms with Crippen LogP contribution in [0.3, 0.4) is 0 Å². The summed E-state index contributed by atoms with van der Waals surface area (Å²) in [6.45, 7) is 8.54. The van der Waals surface area contributed by atoms with Crippen LogP contribution in [0.5, 0.6) is 5.75 Å². The van der Waals surface area contributed by atoms with Crippen molar-refractivity contribution in [2.24, 2.45) is 5.92 Å². The third-order valence-electron chi connectivity index (χ3n) is 5.56. The van der Waals surface area contributed by atoms with E-state index in [1.54, 1.807) is 4.90 Å². The largest absolute Gasteiger partial charge is 0.492 e. The predicted octanol–water partition coefficient (Wildman–Crippen LogP) is 4.42. The lowest BCUT2D eigenvalue weighted by Gasteiger charge is -2.31. The highest BCUT2D eigenvalue weighted by Gasteiger charge is 2.27. The normalized spacial score (nSPS) is 14.7. The van der Waals surface area contributed by atoms with Gasteiger partial charge < -0.3 is 20.3 Å². The van der Waals surface area contributed by atoms with Crippen LogP contribution in [0.15, 0.2) is 54.6 Å². The molecule has 0 spiro atoms. The van der Waals surface area contributed by atoms with E-state index < -0.39 is 0 Å². The zero-order valence-corrected chi connectivity index (χ0v) is 18.7. The number of rotatable bonds is 6. The summed E-state index contributed by atoms with van der Waals surface area (Å²) in [6.07, 6.45) is 1.34. The van der Waals surface area contributed by atoms with Gasteiger partial charge in [-0.3, -0.25) is 4.79 Å². The molecule has 1 aliphatic rings. The molecule has 1 heterocycles. The van der Waals surface area contributed by atoms with Crippen LogP contribution >= 0.6 is 0 Å². The first-order chi connectivity index (χ1) is 14.8. The molecule has 0 unspecified atom stereocenters. The van der Waals surface area contributed by atoms with Crippen LogP contribution in [0.4, 0.5) is 10.5 Å². The van der Waals surface area contributed by atoms with E-state index in [1.165, 1.54) is 5.56 Å². The van der Waals surface area contributed by atoms with Gasteiger partial charge in [0.2, 0.25) is 5.91 Å². The summed E-state index contributed by atoms with van der Waals surface area (Å²) < 4.78 is 5.73. The maximum atomic E-state index is 12.4. The minimum Gasteiger partial charge on any atom is -0.492 e. The summed E-state index contributed by atoms with van der Waals surface area (Å²) in [5.74, 6) is 0.758. The molecular weight excluding hydrogens is 390 g/mol. The molecule has 3 amide bonds. The summed E-state index contributed by atoms with van der Waals surface area (Å²) in [4.78, 5) is 26.6. The Labute approximate surface area is 185 Å². The number of anilines is 1. The highest BCUT2D eigenvalue weighted by Crippen LogP contribution is 2.24. The summed E-state index contributed by atoms with van der Waals surface area (Å²) >= 11 is 0. The lowest BCUT2D eigenvalue weighted by atomic mass is 9.87. The number of hydrogen-bond acceptors (Lipinski definition) is 3. The van der Waals surface area contributed by atoms with Crippen LogP contribution in [0, 0.1) is 5.92 Å². The van der Waals surface area contributed by atoms with Crippen molar-refractivity contribution in [2.75, 3.05) is 31.6 Å². The Morgan fingerprint density at radius 3 is 2.26 bits per heavy atom. The minimum atomic E-state index is -0.103. The van der Waals surface area contributed by atoms with Gasteiger partial charge in [0.05, 0.1) is 6.54 Å². The Balaban J connectivity index is 1.34. The van der Waals surface area contributed by atoms with Gasteiger partial charge in [0.1, 0.15) is 12.4 Å². The first kappa shape index (κ1) is 22.7. The van der Waals surface area contributed by atoms with Crippen molar-refractivity contribution in [3.8, 4) is 5.75 Å². The zero-order valence-electron chi connectivity index (χ0n) is 18.7. The van der Waals surface area contributed by atoms with Gasteiger partial charge in [0.15, 0.2) is 0 Å². The van der Waals surface area contributed by atoms with Gasteiger partial charge >= 0.3 is 6.03 Å². The second-order valence-electron chi connectivity index (χ2n) is 8.97. The Kier molecular flexibility index (Phi) is 7.55. The molecule has 1 saturated heterocycles. The average molecular weight is 424 g/mol. The predicted molar refractivity (Wildman–Crippen MR) is 123 cm³/mol. The number of nitrogens with zero attached hydrogens (tertiary/aromatic N) is 1. The monoisotopic (exact) mass is 423 g/mol. The number of carbonyl (C=O) groups is 2. The molecule has 0 saturated carbocycles. The number of urea groups is 1. The van der Waals surface area contributed by atoms with Crippen molar-refractivity contribution < 1.29 is 14.3 Å². The van der Waals surface area contributed by atoms with E-state index in [4.69, 9.17) is 4.74 Å². The Hall–Kier alpha value is -3.02. The molecular formula is C25H33N3O3. The Morgan fingerprint density at radius 2 is 1.65 bits per heavy atom. The number of para-hydroxylation sites is 1. The number of hydrogen-bond donors (Lipinski definition) is 2. The molecule has 2 aromatic rings. The summed E-state index contributed by atoms with van der Waals surface area (Å²) in [7, 11) is 0. The molecule has 6 heteroatoms. The maximum Gasteiger partial charge on any atom is 0.317 e. The molecule has 0 aromatic heterocycles. The number of benzene rings is 2. The fourth-order valence-corrected chi connectivity index (χ4v) is 3.60. The van der Waals surface area contributed by atoms with Crippen LogP contribution in [-0.4, -0.2) is 43.1 Å². The van der Waals surface area contributed by atoms with E-state index in [0.717, 1.165) is 11.4 Å². The van der Waals surface area contributed by atoms with Gasteiger partial charge in [-0.2, -0.15) is 0 Å². The molecule has 2 aromatic carbocycles. The summed E-state index contributed by atoms with van der Waals surface area (Å²) in [5.41, 5.74) is 2.18. The molecule has 6 nitrogen and oxygen atoms in total. The molecule has 31 heavy (non-hydrogen) atoms. The second-order valence-corrected chi connectivity index (χ2v) is 8.97.